The topological polar surface area (TPSA) is 0 Å². The third-order valence-corrected chi connectivity index (χ3v) is 5.61. The summed E-state index contributed by atoms with van der Waals surface area (Å²) >= 11 is 3.75. The van der Waals surface area contributed by atoms with Crippen LogP contribution in [0.15, 0.2) is 46.9 Å². The summed E-state index contributed by atoms with van der Waals surface area (Å²) in [6.45, 7) is 4.39. The van der Waals surface area contributed by atoms with Crippen LogP contribution >= 0.6 is 15.9 Å². The van der Waals surface area contributed by atoms with Crippen LogP contribution < -0.4 is 0 Å². The molecule has 0 saturated carbocycles. The predicted octanol–water partition coefficient (Wildman–Crippen LogP) is 6.86. The van der Waals surface area contributed by atoms with E-state index < -0.39 is 0 Å². The first kappa shape index (κ1) is 19.8. The molecule has 0 aliphatic heterocycles. The molecule has 0 radical (unpaired) electrons. The van der Waals surface area contributed by atoms with E-state index in [0.717, 1.165) is 0 Å². The van der Waals surface area contributed by atoms with Gasteiger partial charge in [-0.2, -0.15) is 29.8 Å². The van der Waals surface area contributed by atoms with Crippen LogP contribution in [-0.2, 0) is 45.1 Å². The van der Waals surface area contributed by atoms with E-state index in [1.165, 1.54) is 64.9 Å². The van der Waals surface area contributed by atoms with Gasteiger partial charge in [0.25, 0.3) is 0 Å². The maximum atomic E-state index is 3.75. The zero-order valence-corrected chi connectivity index (χ0v) is 19.8. The van der Waals surface area contributed by atoms with Gasteiger partial charge in [0.15, 0.2) is 0 Å². The quantitative estimate of drug-likeness (QED) is 0.248. The molecule has 4 rings (SSSR count). The van der Waals surface area contributed by atoms with Gasteiger partial charge >= 0.3 is 25.8 Å². The average Bonchev–Trinajstić information content (AvgIpc) is 3.26. The zero-order valence-electron chi connectivity index (χ0n) is 14.7. The van der Waals surface area contributed by atoms with E-state index in [2.05, 4.69) is 72.2 Å². The van der Waals surface area contributed by atoms with Crippen molar-refractivity contribution in [2.75, 3.05) is 0 Å². The number of halogens is 1. The fourth-order valence-corrected chi connectivity index (χ4v) is 4.27. The molecule has 0 unspecified atom stereocenters. The minimum atomic E-state index is 0. The Labute approximate surface area is 173 Å². The molecule has 0 aromatic heterocycles. The van der Waals surface area contributed by atoms with Crippen LogP contribution in [0.5, 0.6) is 0 Å². The Kier molecular flexibility index (Phi) is 7.68. The van der Waals surface area contributed by atoms with Crippen LogP contribution in [0.4, 0.5) is 0 Å². The van der Waals surface area contributed by atoms with Gasteiger partial charge in [0.05, 0.1) is 0 Å². The zero-order chi connectivity index (χ0) is 16.2. The molecule has 0 amide bonds. The van der Waals surface area contributed by atoms with Gasteiger partial charge in [-0.25, -0.2) is 6.07 Å². The molecule has 2 heteroatoms. The first-order valence-electron chi connectivity index (χ1n) is 8.77. The van der Waals surface area contributed by atoms with Crippen molar-refractivity contribution in [2.24, 2.45) is 0 Å². The Hall–Kier alpha value is -0.470. The fourth-order valence-electron chi connectivity index (χ4n) is 3.47. The molecule has 24 heavy (non-hydrogen) atoms. The summed E-state index contributed by atoms with van der Waals surface area (Å²) in [5.41, 5.74) is 5.94. The van der Waals surface area contributed by atoms with Crippen molar-refractivity contribution in [1.82, 2.24) is 0 Å². The Morgan fingerprint density at radius 2 is 2.04 bits per heavy atom. The number of aryl methyl sites for hydroxylation is 3. The van der Waals surface area contributed by atoms with Crippen molar-refractivity contribution in [1.29, 1.82) is 0 Å². The first-order chi connectivity index (χ1) is 11.2. The summed E-state index contributed by atoms with van der Waals surface area (Å²) in [6.07, 6.45) is 7.70. The number of hydrogen-bond acceptors (Lipinski definition) is 0. The maximum absolute atomic E-state index is 3.75. The van der Waals surface area contributed by atoms with Gasteiger partial charge in [-0.05, 0) is 29.3 Å². The van der Waals surface area contributed by atoms with Crippen LogP contribution in [0.25, 0.3) is 10.8 Å². The van der Waals surface area contributed by atoms with Crippen molar-refractivity contribution in [3.63, 3.8) is 0 Å². The molecule has 0 nitrogen and oxygen atoms in total. The van der Waals surface area contributed by atoms with Crippen molar-refractivity contribution >= 4 is 26.7 Å². The molecular weight excluding hydrogens is 523 g/mol. The summed E-state index contributed by atoms with van der Waals surface area (Å²) in [7, 11) is 0. The molecular formula is C22H25BrHf+2. The third kappa shape index (κ3) is 4.58. The second-order valence-corrected chi connectivity index (χ2v) is 7.41. The molecule has 0 atom stereocenters. The van der Waals surface area contributed by atoms with Crippen molar-refractivity contribution in [2.45, 2.75) is 52.4 Å². The number of unbranched alkanes of at least 4 members (excludes halogenated alkanes) is 1. The Bertz CT molecular complexity index is 765. The molecule has 122 valence electrons. The molecule has 0 bridgehead atoms. The first-order valence-corrected chi connectivity index (χ1v) is 9.56. The van der Waals surface area contributed by atoms with Crippen molar-refractivity contribution in [3.8, 4) is 0 Å². The van der Waals surface area contributed by atoms with Gasteiger partial charge in [-0.1, -0.05) is 54.6 Å². The van der Waals surface area contributed by atoms with Gasteiger partial charge in [0.1, 0.15) is 0 Å². The Morgan fingerprint density at radius 1 is 1.21 bits per heavy atom. The smallest absolute Gasteiger partial charge is 0.211 e. The predicted molar refractivity (Wildman–Crippen MR) is 105 cm³/mol. The summed E-state index contributed by atoms with van der Waals surface area (Å²) in [4.78, 5) is 0. The second-order valence-electron chi connectivity index (χ2n) is 6.61. The van der Waals surface area contributed by atoms with Crippen LogP contribution in [0.2, 0.25) is 0 Å². The Morgan fingerprint density at radius 3 is 2.75 bits per heavy atom. The molecule has 0 heterocycles. The monoisotopic (exact) mass is 548 g/mol. The van der Waals surface area contributed by atoms with E-state index in [-0.39, 0.29) is 25.8 Å². The van der Waals surface area contributed by atoms with Crippen LogP contribution in [-0.4, -0.2) is 0 Å². The van der Waals surface area contributed by atoms with E-state index in [1.807, 2.05) is 0 Å². The summed E-state index contributed by atoms with van der Waals surface area (Å²) in [5.74, 6) is 0. The van der Waals surface area contributed by atoms with Gasteiger partial charge in [-0.3, -0.25) is 0 Å². The molecule has 0 saturated heterocycles. The summed E-state index contributed by atoms with van der Waals surface area (Å²) < 4.78 is 1.34. The van der Waals surface area contributed by atoms with E-state index in [4.69, 9.17) is 0 Å². The van der Waals surface area contributed by atoms with Gasteiger partial charge < -0.3 is 0 Å². The van der Waals surface area contributed by atoms with E-state index >= 15 is 0 Å². The van der Waals surface area contributed by atoms with Gasteiger partial charge in [-0.15, -0.1) is 28.5 Å². The molecule has 0 fully saturated rings. The number of fused-ring (bicyclic) bond motifs is 2. The SMILES string of the molecule is CCCCc1cc[cH-]c1.Cc1cc2c(Br)c3c(cc2[cH-]1)CCC3.[Hf+4]. The molecule has 1 aliphatic carbocycles. The Balaban J connectivity index is 0.000000183. The largest absolute Gasteiger partial charge is 4.00 e. The van der Waals surface area contributed by atoms with E-state index in [1.54, 1.807) is 11.1 Å². The average molecular weight is 548 g/mol. The minimum Gasteiger partial charge on any atom is -0.211 e. The number of hydrogen-bond donors (Lipinski definition) is 0. The second kappa shape index (κ2) is 9.29. The number of rotatable bonds is 3. The third-order valence-electron chi connectivity index (χ3n) is 4.71. The molecule has 1 aliphatic rings. The van der Waals surface area contributed by atoms with Crippen LogP contribution in [0.1, 0.15) is 48.4 Å². The fraction of sp³-hybridized carbons (Fsp3) is 0.364. The van der Waals surface area contributed by atoms with Crippen LogP contribution in [0.3, 0.4) is 0 Å². The molecule has 0 N–H and O–H groups in total. The number of benzene rings is 1. The minimum absolute atomic E-state index is 0. The molecule has 3 aromatic carbocycles. The van der Waals surface area contributed by atoms with Crippen molar-refractivity contribution < 1.29 is 25.8 Å². The standard InChI is InChI=1S/C13H12Br.C9H13.Hf/c1-8-5-10-7-9-3-2-4-11(9)13(14)12(10)6-8;1-2-3-6-9-7-4-5-8-9;/h5-7H,2-4H2,1H3;4-5,7-8H,2-3,6H2,1H3;/q2*-1;+4. The molecule has 3 aromatic rings. The van der Waals surface area contributed by atoms with Crippen LogP contribution in [0, 0.1) is 6.92 Å². The van der Waals surface area contributed by atoms with Crippen molar-refractivity contribution in [3.05, 3.63) is 69.2 Å². The van der Waals surface area contributed by atoms with Gasteiger partial charge in [0.2, 0.25) is 0 Å². The van der Waals surface area contributed by atoms with E-state index in [0.29, 0.717) is 0 Å². The summed E-state index contributed by atoms with van der Waals surface area (Å²) in [6, 6.07) is 15.5. The maximum Gasteiger partial charge on any atom is 4.00 e. The van der Waals surface area contributed by atoms with E-state index in [9.17, 15) is 0 Å². The summed E-state index contributed by atoms with van der Waals surface area (Å²) in [5, 5.41) is 2.79. The van der Waals surface area contributed by atoms with Gasteiger partial charge in [0, 0.05) is 0 Å². The molecule has 0 spiro atoms. The normalized spacial score (nSPS) is 12.5.